The predicted octanol–water partition coefficient (Wildman–Crippen LogP) is 1.45. The fraction of sp³-hybridized carbons (Fsp3) is 0.500. The standard InChI is InChI=1S/C14H18N2O2/c1-16-14(9-15,12-5-6-12)10-18-13-4-2-3-11(7-13)8-17/h2-4,7,12,16-17H,5-6,8,10H2,1H3. The van der Waals surface area contributed by atoms with Gasteiger partial charge in [-0.15, -0.1) is 0 Å². The van der Waals surface area contributed by atoms with Gasteiger partial charge in [0.05, 0.1) is 12.7 Å². The molecule has 1 aromatic carbocycles. The molecular formula is C14H18N2O2. The van der Waals surface area contributed by atoms with Gasteiger partial charge < -0.3 is 9.84 Å². The third-order valence-electron chi connectivity index (χ3n) is 3.47. The zero-order chi connectivity index (χ0) is 13.0. The summed E-state index contributed by atoms with van der Waals surface area (Å²) in [5, 5.41) is 21.5. The molecule has 96 valence electrons. The van der Waals surface area contributed by atoms with Gasteiger partial charge in [0.25, 0.3) is 0 Å². The highest BCUT2D eigenvalue weighted by atomic mass is 16.5. The Labute approximate surface area is 107 Å². The van der Waals surface area contributed by atoms with Gasteiger partial charge in [-0.05, 0) is 43.5 Å². The maximum Gasteiger partial charge on any atom is 0.143 e. The van der Waals surface area contributed by atoms with Crippen LogP contribution < -0.4 is 10.1 Å². The number of nitrogens with zero attached hydrogens (tertiary/aromatic N) is 1. The third-order valence-corrected chi connectivity index (χ3v) is 3.47. The van der Waals surface area contributed by atoms with Crippen LogP contribution in [0.1, 0.15) is 18.4 Å². The number of aliphatic hydroxyl groups is 1. The Balaban J connectivity index is 2.03. The molecule has 0 spiro atoms. The fourth-order valence-corrected chi connectivity index (χ4v) is 2.08. The van der Waals surface area contributed by atoms with Crippen molar-refractivity contribution in [1.82, 2.24) is 5.32 Å². The van der Waals surface area contributed by atoms with Crippen LogP contribution in [0.2, 0.25) is 0 Å². The van der Waals surface area contributed by atoms with E-state index in [1.54, 1.807) is 13.1 Å². The van der Waals surface area contributed by atoms with Gasteiger partial charge in [0.2, 0.25) is 0 Å². The number of nitrogens with one attached hydrogen (secondary N) is 1. The van der Waals surface area contributed by atoms with E-state index in [0.717, 1.165) is 18.4 Å². The molecule has 0 heterocycles. The highest BCUT2D eigenvalue weighted by molar-refractivity contribution is 5.28. The molecule has 1 aromatic rings. The van der Waals surface area contributed by atoms with Crippen LogP contribution in [0.4, 0.5) is 0 Å². The van der Waals surface area contributed by atoms with Crippen molar-refractivity contribution in [3.8, 4) is 11.8 Å². The van der Waals surface area contributed by atoms with Crippen LogP contribution in [-0.4, -0.2) is 24.3 Å². The normalized spacial score (nSPS) is 17.8. The highest BCUT2D eigenvalue weighted by Gasteiger charge is 2.45. The Kier molecular flexibility index (Phi) is 3.85. The lowest BCUT2D eigenvalue weighted by molar-refractivity contribution is 0.210. The zero-order valence-electron chi connectivity index (χ0n) is 10.5. The monoisotopic (exact) mass is 246 g/mol. The average Bonchev–Trinajstić information content (AvgIpc) is 3.26. The maximum atomic E-state index is 9.33. The van der Waals surface area contributed by atoms with Crippen LogP contribution in [0.3, 0.4) is 0 Å². The molecule has 1 saturated carbocycles. The minimum atomic E-state index is -0.588. The molecule has 2 rings (SSSR count). The molecule has 1 unspecified atom stereocenters. The molecule has 0 saturated heterocycles. The Morgan fingerprint density at radius 1 is 1.56 bits per heavy atom. The zero-order valence-corrected chi connectivity index (χ0v) is 10.5. The SMILES string of the molecule is CNC(C#N)(COc1cccc(CO)c1)C1CC1. The Hall–Kier alpha value is -1.57. The summed E-state index contributed by atoms with van der Waals surface area (Å²) < 4.78 is 5.70. The summed E-state index contributed by atoms with van der Waals surface area (Å²) in [5.41, 5.74) is 0.223. The van der Waals surface area contributed by atoms with Crippen LogP contribution >= 0.6 is 0 Å². The van der Waals surface area contributed by atoms with Crippen molar-refractivity contribution in [2.45, 2.75) is 25.0 Å². The average molecular weight is 246 g/mol. The molecule has 0 aromatic heterocycles. The van der Waals surface area contributed by atoms with Gasteiger partial charge >= 0.3 is 0 Å². The first-order chi connectivity index (χ1) is 8.74. The van der Waals surface area contributed by atoms with E-state index in [1.807, 2.05) is 18.2 Å². The molecule has 0 radical (unpaired) electrons. The summed E-state index contributed by atoms with van der Waals surface area (Å²) in [4.78, 5) is 0. The van der Waals surface area contributed by atoms with E-state index >= 15 is 0 Å². The van der Waals surface area contributed by atoms with Crippen molar-refractivity contribution in [3.63, 3.8) is 0 Å². The quantitative estimate of drug-likeness (QED) is 0.797. The van der Waals surface area contributed by atoms with Crippen molar-refractivity contribution >= 4 is 0 Å². The Morgan fingerprint density at radius 3 is 2.89 bits per heavy atom. The number of hydrogen-bond acceptors (Lipinski definition) is 4. The van der Waals surface area contributed by atoms with Gasteiger partial charge in [-0.25, -0.2) is 0 Å². The molecule has 1 fully saturated rings. The second-order valence-corrected chi connectivity index (χ2v) is 4.70. The predicted molar refractivity (Wildman–Crippen MR) is 68.0 cm³/mol. The largest absolute Gasteiger partial charge is 0.491 e. The van der Waals surface area contributed by atoms with Crippen LogP contribution in [-0.2, 0) is 6.61 Å². The first kappa shape index (κ1) is 12.9. The van der Waals surface area contributed by atoms with E-state index in [2.05, 4.69) is 11.4 Å². The minimum absolute atomic E-state index is 0.00472. The molecular weight excluding hydrogens is 228 g/mol. The van der Waals surface area contributed by atoms with Crippen molar-refractivity contribution in [3.05, 3.63) is 29.8 Å². The molecule has 18 heavy (non-hydrogen) atoms. The Bertz CT molecular complexity index is 451. The lowest BCUT2D eigenvalue weighted by atomic mass is 9.96. The maximum absolute atomic E-state index is 9.33. The van der Waals surface area contributed by atoms with E-state index in [0.29, 0.717) is 18.3 Å². The summed E-state index contributed by atoms with van der Waals surface area (Å²) in [6.45, 7) is 0.328. The van der Waals surface area contributed by atoms with Crippen LogP contribution in [0.25, 0.3) is 0 Å². The fourth-order valence-electron chi connectivity index (χ4n) is 2.08. The summed E-state index contributed by atoms with van der Waals surface area (Å²) >= 11 is 0. The number of nitriles is 1. The summed E-state index contributed by atoms with van der Waals surface area (Å²) in [5.74, 6) is 1.07. The lowest BCUT2D eigenvalue weighted by Crippen LogP contribution is -2.49. The molecule has 0 amide bonds. The number of rotatable bonds is 6. The topological polar surface area (TPSA) is 65.3 Å². The van der Waals surface area contributed by atoms with E-state index in [-0.39, 0.29) is 6.61 Å². The van der Waals surface area contributed by atoms with Crippen molar-refractivity contribution < 1.29 is 9.84 Å². The van der Waals surface area contributed by atoms with Gasteiger partial charge in [-0.3, -0.25) is 5.32 Å². The van der Waals surface area contributed by atoms with E-state index in [1.165, 1.54) is 0 Å². The summed E-state index contributed by atoms with van der Waals surface area (Å²) in [6, 6.07) is 9.65. The van der Waals surface area contributed by atoms with Gasteiger partial charge in [-0.1, -0.05) is 12.1 Å². The van der Waals surface area contributed by atoms with Crippen LogP contribution in [0.5, 0.6) is 5.75 Å². The molecule has 0 aliphatic heterocycles. The number of likely N-dealkylation sites (N-methyl/N-ethyl adjacent to an activating group) is 1. The van der Waals surface area contributed by atoms with Crippen LogP contribution in [0.15, 0.2) is 24.3 Å². The summed E-state index contributed by atoms with van der Waals surface area (Å²) in [7, 11) is 1.80. The highest BCUT2D eigenvalue weighted by Crippen LogP contribution is 2.39. The number of aliphatic hydroxyl groups excluding tert-OH is 1. The van der Waals surface area contributed by atoms with Gasteiger partial charge in [0, 0.05) is 0 Å². The molecule has 0 bridgehead atoms. The van der Waals surface area contributed by atoms with Crippen molar-refractivity contribution in [2.24, 2.45) is 5.92 Å². The van der Waals surface area contributed by atoms with Gasteiger partial charge in [-0.2, -0.15) is 5.26 Å². The minimum Gasteiger partial charge on any atom is -0.491 e. The molecule has 2 N–H and O–H groups in total. The number of hydrogen-bond donors (Lipinski definition) is 2. The smallest absolute Gasteiger partial charge is 0.143 e. The third kappa shape index (κ3) is 2.63. The first-order valence-electron chi connectivity index (χ1n) is 6.17. The van der Waals surface area contributed by atoms with Crippen molar-refractivity contribution in [1.29, 1.82) is 5.26 Å². The summed E-state index contributed by atoms with van der Waals surface area (Å²) in [6.07, 6.45) is 2.16. The second kappa shape index (κ2) is 5.38. The van der Waals surface area contributed by atoms with E-state index < -0.39 is 5.54 Å². The molecule has 1 atom stereocenters. The van der Waals surface area contributed by atoms with E-state index in [9.17, 15) is 5.26 Å². The number of benzene rings is 1. The van der Waals surface area contributed by atoms with Crippen molar-refractivity contribution in [2.75, 3.05) is 13.7 Å². The van der Waals surface area contributed by atoms with E-state index in [4.69, 9.17) is 9.84 Å². The molecule has 4 nitrogen and oxygen atoms in total. The number of ether oxygens (including phenoxy) is 1. The van der Waals surface area contributed by atoms with Gasteiger partial charge in [0.15, 0.2) is 0 Å². The lowest BCUT2D eigenvalue weighted by Gasteiger charge is -2.26. The first-order valence-corrected chi connectivity index (χ1v) is 6.17. The van der Waals surface area contributed by atoms with Crippen LogP contribution in [0, 0.1) is 17.2 Å². The van der Waals surface area contributed by atoms with Gasteiger partial charge in [0.1, 0.15) is 17.9 Å². The molecule has 1 aliphatic carbocycles. The Morgan fingerprint density at radius 2 is 2.33 bits per heavy atom. The molecule has 1 aliphatic rings. The second-order valence-electron chi connectivity index (χ2n) is 4.70. The molecule has 4 heteroatoms.